The second kappa shape index (κ2) is 18.6. The highest BCUT2D eigenvalue weighted by atomic mass is 16.5. The third-order valence-corrected chi connectivity index (χ3v) is 5.43. The lowest BCUT2D eigenvalue weighted by Gasteiger charge is -2.18. The number of carboxylic acids is 1. The van der Waals surface area contributed by atoms with E-state index in [1.165, 1.54) is 44.1 Å². The zero-order valence-corrected chi connectivity index (χ0v) is 18.2. The highest BCUT2D eigenvalue weighted by Gasteiger charge is 2.10. The van der Waals surface area contributed by atoms with Gasteiger partial charge in [0.25, 0.3) is 0 Å². The molecule has 0 radical (unpaired) electrons. The number of hydrogen-bond donors (Lipinski definition) is 2. The zero-order chi connectivity index (χ0) is 21.0. The molecule has 1 unspecified atom stereocenters. The summed E-state index contributed by atoms with van der Waals surface area (Å²) in [6.45, 7) is 0.999. The Morgan fingerprint density at radius 3 is 1.83 bits per heavy atom. The summed E-state index contributed by atoms with van der Waals surface area (Å²) in [5.74, 6) is -0.692. The van der Waals surface area contributed by atoms with Crippen LogP contribution in [0.15, 0.2) is 30.3 Å². The molecular weight excluding hydrogens is 364 g/mol. The van der Waals surface area contributed by atoms with Crippen molar-refractivity contribution >= 4 is 5.97 Å². The molecule has 2 N–H and O–H groups in total. The fourth-order valence-electron chi connectivity index (χ4n) is 3.65. The summed E-state index contributed by atoms with van der Waals surface area (Å²) < 4.78 is 6.23. The summed E-state index contributed by atoms with van der Waals surface area (Å²) in [6.07, 6.45) is 16.4. The molecule has 0 spiro atoms. The minimum atomic E-state index is -0.692. The van der Waals surface area contributed by atoms with E-state index < -0.39 is 5.97 Å². The molecular formula is C25H42O4. The Labute approximate surface area is 177 Å². The normalized spacial score (nSPS) is 12.2. The third-order valence-electron chi connectivity index (χ3n) is 5.43. The van der Waals surface area contributed by atoms with E-state index in [1.54, 1.807) is 0 Å². The van der Waals surface area contributed by atoms with Gasteiger partial charge in [0.05, 0.1) is 12.7 Å². The van der Waals surface area contributed by atoms with Crippen molar-refractivity contribution in [2.75, 3.05) is 6.61 Å². The molecule has 1 rings (SSSR count). The van der Waals surface area contributed by atoms with Crippen LogP contribution in [0.25, 0.3) is 0 Å². The van der Waals surface area contributed by atoms with Crippen molar-refractivity contribution in [1.29, 1.82) is 0 Å². The lowest BCUT2D eigenvalue weighted by atomic mass is 10.0. The van der Waals surface area contributed by atoms with E-state index in [4.69, 9.17) is 14.9 Å². The topological polar surface area (TPSA) is 66.8 Å². The Kier molecular flexibility index (Phi) is 16.5. The van der Waals surface area contributed by atoms with Gasteiger partial charge in [-0.1, -0.05) is 94.5 Å². The highest BCUT2D eigenvalue weighted by Crippen LogP contribution is 2.18. The SMILES string of the molecule is O=C(O)CCCCCCC(CCCCCCCCCCO)OCc1ccccc1. The van der Waals surface area contributed by atoms with Gasteiger partial charge in [0.2, 0.25) is 0 Å². The molecule has 0 saturated heterocycles. The molecule has 0 heterocycles. The number of benzene rings is 1. The summed E-state index contributed by atoms with van der Waals surface area (Å²) in [6, 6.07) is 10.4. The molecule has 4 nitrogen and oxygen atoms in total. The van der Waals surface area contributed by atoms with Crippen LogP contribution in [0.3, 0.4) is 0 Å². The van der Waals surface area contributed by atoms with Gasteiger partial charge in [-0.3, -0.25) is 4.79 Å². The Bertz CT molecular complexity index is 489. The maximum atomic E-state index is 10.6. The summed E-state index contributed by atoms with van der Waals surface area (Å²) in [7, 11) is 0. The Balaban J connectivity index is 2.18. The lowest BCUT2D eigenvalue weighted by Crippen LogP contribution is -2.13. The first kappa shape index (κ1) is 25.6. The van der Waals surface area contributed by atoms with Gasteiger partial charge in [-0.2, -0.15) is 0 Å². The van der Waals surface area contributed by atoms with Crippen molar-refractivity contribution in [2.24, 2.45) is 0 Å². The van der Waals surface area contributed by atoms with Crippen LogP contribution >= 0.6 is 0 Å². The molecule has 4 heteroatoms. The average Bonchev–Trinajstić information content (AvgIpc) is 2.73. The van der Waals surface area contributed by atoms with Crippen molar-refractivity contribution in [3.05, 3.63) is 35.9 Å². The first-order chi connectivity index (χ1) is 14.2. The number of aliphatic hydroxyl groups is 1. The van der Waals surface area contributed by atoms with Crippen LogP contribution in [-0.2, 0) is 16.1 Å². The van der Waals surface area contributed by atoms with Gasteiger partial charge < -0.3 is 14.9 Å². The maximum Gasteiger partial charge on any atom is 0.303 e. The average molecular weight is 407 g/mol. The smallest absolute Gasteiger partial charge is 0.303 e. The Morgan fingerprint density at radius 1 is 0.759 bits per heavy atom. The number of carbonyl (C=O) groups is 1. The Hall–Kier alpha value is -1.39. The molecule has 0 aliphatic carbocycles. The van der Waals surface area contributed by atoms with Crippen molar-refractivity contribution in [3.8, 4) is 0 Å². The second-order valence-electron chi connectivity index (χ2n) is 8.11. The largest absolute Gasteiger partial charge is 0.481 e. The molecule has 0 aromatic heterocycles. The number of carboxylic acid groups (broad SMARTS) is 1. The van der Waals surface area contributed by atoms with Crippen molar-refractivity contribution < 1.29 is 19.7 Å². The fraction of sp³-hybridized carbons (Fsp3) is 0.720. The van der Waals surface area contributed by atoms with Gasteiger partial charge in [-0.05, 0) is 31.2 Å². The number of aliphatic carboxylic acids is 1. The van der Waals surface area contributed by atoms with E-state index in [1.807, 2.05) is 6.07 Å². The van der Waals surface area contributed by atoms with Gasteiger partial charge in [0.1, 0.15) is 0 Å². The van der Waals surface area contributed by atoms with Gasteiger partial charge in [0, 0.05) is 13.0 Å². The molecule has 0 aliphatic rings. The van der Waals surface area contributed by atoms with E-state index >= 15 is 0 Å². The molecule has 1 aromatic rings. The van der Waals surface area contributed by atoms with Gasteiger partial charge in [-0.15, -0.1) is 0 Å². The number of rotatable bonds is 20. The quantitative estimate of drug-likeness (QED) is 0.243. The third kappa shape index (κ3) is 16.1. The van der Waals surface area contributed by atoms with Gasteiger partial charge in [-0.25, -0.2) is 0 Å². The predicted molar refractivity (Wildman–Crippen MR) is 119 cm³/mol. The monoisotopic (exact) mass is 406 g/mol. The Morgan fingerprint density at radius 2 is 1.28 bits per heavy atom. The van der Waals surface area contributed by atoms with Crippen LogP contribution in [0.2, 0.25) is 0 Å². The molecule has 0 amide bonds. The van der Waals surface area contributed by atoms with Crippen molar-refractivity contribution in [1.82, 2.24) is 0 Å². The molecule has 1 aromatic carbocycles. The van der Waals surface area contributed by atoms with E-state index in [0.717, 1.165) is 51.4 Å². The van der Waals surface area contributed by atoms with Crippen LogP contribution in [0.1, 0.15) is 102 Å². The number of unbranched alkanes of at least 4 members (excludes halogenated alkanes) is 10. The van der Waals surface area contributed by atoms with E-state index in [2.05, 4.69) is 24.3 Å². The molecule has 0 saturated carbocycles. The maximum absolute atomic E-state index is 10.6. The molecule has 0 fully saturated rings. The van der Waals surface area contributed by atoms with Crippen molar-refractivity contribution in [2.45, 2.75) is 109 Å². The van der Waals surface area contributed by atoms with Crippen LogP contribution < -0.4 is 0 Å². The van der Waals surface area contributed by atoms with E-state index in [-0.39, 0.29) is 6.42 Å². The second-order valence-corrected chi connectivity index (χ2v) is 8.11. The van der Waals surface area contributed by atoms with Gasteiger partial charge in [0.15, 0.2) is 0 Å². The standard InChI is InChI=1S/C25H42O4/c26-21-15-8-4-2-1-3-5-12-18-24(19-13-6-7-14-20-25(27)28)29-22-23-16-10-9-11-17-23/h9-11,16-17,24,26H,1-8,12-15,18-22H2,(H,27,28). The summed E-state index contributed by atoms with van der Waals surface area (Å²) in [5.41, 5.74) is 1.22. The zero-order valence-electron chi connectivity index (χ0n) is 18.2. The summed E-state index contributed by atoms with van der Waals surface area (Å²) >= 11 is 0. The molecule has 1 atom stereocenters. The molecule has 0 aliphatic heterocycles. The van der Waals surface area contributed by atoms with Crippen LogP contribution in [0.5, 0.6) is 0 Å². The lowest BCUT2D eigenvalue weighted by molar-refractivity contribution is -0.137. The number of ether oxygens (including phenoxy) is 1. The highest BCUT2D eigenvalue weighted by molar-refractivity contribution is 5.66. The number of aliphatic hydroxyl groups excluding tert-OH is 1. The van der Waals surface area contributed by atoms with Crippen LogP contribution in [0.4, 0.5) is 0 Å². The minimum absolute atomic E-state index is 0.286. The molecule has 0 bridgehead atoms. The summed E-state index contributed by atoms with van der Waals surface area (Å²) in [4.78, 5) is 10.6. The predicted octanol–water partition coefficient (Wildman–Crippen LogP) is 6.50. The minimum Gasteiger partial charge on any atom is -0.481 e. The fourth-order valence-corrected chi connectivity index (χ4v) is 3.65. The van der Waals surface area contributed by atoms with Crippen LogP contribution in [-0.4, -0.2) is 28.9 Å². The molecule has 29 heavy (non-hydrogen) atoms. The molecule has 166 valence electrons. The van der Waals surface area contributed by atoms with E-state index in [0.29, 0.717) is 19.3 Å². The number of hydrogen-bond acceptors (Lipinski definition) is 3. The van der Waals surface area contributed by atoms with E-state index in [9.17, 15) is 4.79 Å². The first-order valence-corrected chi connectivity index (χ1v) is 11.7. The summed E-state index contributed by atoms with van der Waals surface area (Å²) in [5, 5.41) is 17.5. The van der Waals surface area contributed by atoms with Gasteiger partial charge >= 0.3 is 5.97 Å². The van der Waals surface area contributed by atoms with Crippen LogP contribution in [0, 0.1) is 0 Å². The first-order valence-electron chi connectivity index (χ1n) is 11.7. The van der Waals surface area contributed by atoms with Crippen molar-refractivity contribution in [3.63, 3.8) is 0 Å².